The van der Waals surface area contributed by atoms with Crippen LogP contribution < -0.4 is 10.5 Å². The van der Waals surface area contributed by atoms with Crippen molar-refractivity contribution in [3.63, 3.8) is 0 Å². The molecule has 0 heterocycles. The predicted octanol–water partition coefficient (Wildman–Crippen LogP) is 4.10. The van der Waals surface area contributed by atoms with Gasteiger partial charge in [0, 0.05) is 5.02 Å². The van der Waals surface area contributed by atoms with E-state index in [1.165, 1.54) is 0 Å². The lowest BCUT2D eigenvalue weighted by Crippen LogP contribution is -2.12. The quantitative estimate of drug-likeness (QED) is 0.912. The lowest BCUT2D eigenvalue weighted by atomic mass is 9.98. The van der Waals surface area contributed by atoms with Crippen LogP contribution in [0, 0.1) is 6.92 Å². The second-order valence-electron chi connectivity index (χ2n) is 4.49. The average Bonchev–Trinajstić information content (AvgIpc) is 2.42. The number of benzene rings is 2. The van der Waals surface area contributed by atoms with Crippen molar-refractivity contribution in [2.75, 3.05) is 6.61 Å². The van der Waals surface area contributed by atoms with Gasteiger partial charge in [0.1, 0.15) is 5.75 Å². The lowest BCUT2D eigenvalue weighted by molar-refractivity contribution is 0.340. The van der Waals surface area contributed by atoms with E-state index in [-0.39, 0.29) is 6.04 Å². The van der Waals surface area contributed by atoms with Crippen molar-refractivity contribution < 1.29 is 4.74 Å². The van der Waals surface area contributed by atoms with Crippen LogP contribution in [0.25, 0.3) is 0 Å². The van der Waals surface area contributed by atoms with Crippen molar-refractivity contribution >= 4 is 11.6 Å². The summed E-state index contributed by atoms with van der Waals surface area (Å²) in [4.78, 5) is 0. The van der Waals surface area contributed by atoms with Crippen LogP contribution in [0.3, 0.4) is 0 Å². The number of rotatable bonds is 4. The Balaban J connectivity index is 2.29. The molecule has 2 aromatic rings. The van der Waals surface area contributed by atoms with E-state index in [1.807, 2.05) is 56.3 Å². The topological polar surface area (TPSA) is 35.2 Å². The number of halogens is 1. The zero-order chi connectivity index (χ0) is 13.8. The van der Waals surface area contributed by atoms with Gasteiger partial charge in [0.25, 0.3) is 0 Å². The molecule has 1 unspecified atom stereocenters. The molecular weight excluding hydrogens is 258 g/mol. The third kappa shape index (κ3) is 3.28. The van der Waals surface area contributed by atoms with Crippen molar-refractivity contribution in [3.8, 4) is 5.75 Å². The van der Waals surface area contributed by atoms with Crippen molar-refractivity contribution in [1.29, 1.82) is 0 Å². The normalized spacial score (nSPS) is 12.2. The van der Waals surface area contributed by atoms with E-state index in [2.05, 4.69) is 0 Å². The molecule has 19 heavy (non-hydrogen) atoms. The van der Waals surface area contributed by atoms with E-state index < -0.39 is 0 Å². The molecule has 0 saturated heterocycles. The van der Waals surface area contributed by atoms with E-state index in [0.29, 0.717) is 6.61 Å². The highest BCUT2D eigenvalue weighted by Gasteiger charge is 2.10. The smallest absolute Gasteiger partial charge is 0.119 e. The van der Waals surface area contributed by atoms with Crippen molar-refractivity contribution in [2.45, 2.75) is 19.9 Å². The fourth-order valence-corrected chi connectivity index (χ4v) is 2.14. The van der Waals surface area contributed by atoms with Crippen LogP contribution in [0.4, 0.5) is 0 Å². The first kappa shape index (κ1) is 13.9. The van der Waals surface area contributed by atoms with E-state index in [4.69, 9.17) is 22.1 Å². The standard InChI is InChI=1S/C16H18ClNO/c1-3-19-14-6-4-5-12(10-14)16(18)13-7-8-15(17)11(2)9-13/h4-10,16H,3,18H2,1-2H3. The molecule has 1 atom stereocenters. The maximum atomic E-state index is 6.30. The minimum absolute atomic E-state index is 0.170. The molecule has 2 N–H and O–H groups in total. The Hall–Kier alpha value is -1.51. The third-order valence-corrected chi connectivity index (χ3v) is 3.49. The Labute approximate surface area is 119 Å². The highest BCUT2D eigenvalue weighted by Crippen LogP contribution is 2.26. The SMILES string of the molecule is CCOc1cccc(C(N)c2ccc(Cl)c(C)c2)c1. The molecule has 0 saturated carbocycles. The van der Waals surface area contributed by atoms with Gasteiger partial charge in [-0.1, -0.05) is 35.9 Å². The Morgan fingerprint density at radius 2 is 1.89 bits per heavy atom. The van der Waals surface area contributed by atoms with Crippen LogP contribution in [-0.2, 0) is 0 Å². The first-order valence-electron chi connectivity index (χ1n) is 6.36. The summed E-state index contributed by atoms with van der Waals surface area (Å²) in [5, 5.41) is 0.763. The van der Waals surface area contributed by atoms with Crippen molar-refractivity contribution in [3.05, 3.63) is 64.2 Å². The highest BCUT2D eigenvalue weighted by atomic mass is 35.5. The highest BCUT2D eigenvalue weighted by molar-refractivity contribution is 6.31. The maximum Gasteiger partial charge on any atom is 0.119 e. The fourth-order valence-electron chi connectivity index (χ4n) is 2.02. The number of hydrogen-bond acceptors (Lipinski definition) is 2. The van der Waals surface area contributed by atoms with Crippen LogP contribution in [0.2, 0.25) is 5.02 Å². The summed E-state index contributed by atoms with van der Waals surface area (Å²) in [5.41, 5.74) is 9.43. The molecule has 2 aromatic carbocycles. The molecule has 0 aromatic heterocycles. The summed E-state index contributed by atoms with van der Waals surface area (Å²) in [6.07, 6.45) is 0. The first-order valence-corrected chi connectivity index (χ1v) is 6.74. The van der Waals surface area contributed by atoms with Crippen molar-refractivity contribution in [2.24, 2.45) is 5.73 Å². The Morgan fingerprint density at radius 1 is 1.16 bits per heavy atom. The lowest BCUT2D eigenvalue weighted by Gasteiger charge is -2.15. The second-order valence-corrected chi connectivity index (χ2v) is 4.90. The summed E-state index contributed by atoms with van der Waals surface area (Å²) in [6, 6.07) is 13.6. The van der Waals surface area contributed by atoms with Gasteiger partial charge in [-0.25, -0.2) is 0 Å². The summed E-state index contributed by atoms with van der Waals surface area (Å²) >= 11 is 6.04. The van der Waals surface area contributed by atoms with Crippen LogP contribution >= 0.6 is 11.6 Å². The molecule has 0 aliphatic carbocycles. The number of nitrogens with two attached hydrogens (primary N) is 1. The van der Waals surface area contributed by atoms with Crippen molar-refractivity contribution in [1.82, 2.24) is 0 Å². The predicted molar refractivity (Wildman–Crippen MR) is 79.8 cm³/mol. The molecule has 0 amide bonds. The molecule has 0 aliphatic heterocycles. The molecule has 0 bridgehead atoms. The molecule has 2 rings (SSSR count). The summed E-state index contributed by atoms with van der Waals surface area (Å²) in [7, 11) is 0. The monoisotopic (exact) mass is 275 g/mol. The maximum absolute atomic E-state index is 6.30. The van der Waals surface area contributed by atoms with E-state index in [1.54, 1.807) is 0 Å². The number of hydrogen-bond donors (Lipinski definition) is 1. The molecule has 2 nitrogen and oxygen atoms in total. The van der Waals surface area contributed by atoms with E-state index >= 15 is 0 Å². The van der Waals surface area contributed by atoms with Gasteiger partial charge in [0.15, 0.2) is 0 Å². The molecule has 100 valence electrons. The third-order valence-electron chi connectivity index (χ3n) is 3.07. The Morgan fingerprint density at radius 3 is 2.58 bits per heavy atom. The first-order chi connectivity index (χ1) is 9.11. The molecule has 0 fully saturated rings. The van der Waals surface area contributed by atoms with E-state index in [0.717, 1.165) is 27.5 Å². The number of aryl methyl sites for hydroxylation is 1. The largest absolute Gasteiger partial charge is 0.494 e. The molecule has 0 radical (unpaired) electrons. The van der Waals surface area contributed by atoms with Gasteiger partial charge in [-0.05, 0) is 48.7 Å². The molecule has 0 aliphatic rings. The summed E-state index contributed by atoms with van der Waals surface area (Å²) < 4.78 is 5.50. The molecule has 3 heteroatoms. The Bertz CT molecular complexity index is 568. The number of ether oxygens (including phenoxy) is 1. The zero-order valence-corrected chi connectivity index (χ0v) is 11.9. The summed E-state index contributed by atoms with van der Waals surface area (Å²) in [5.74, 6) is 0.848. The van der Waals surface area contributed by atoms with E-state index in [9.17, 15) is 0 Å². The zero-order valence-electron chi connectivity index (χ0n) is 11.2. The Kier molecular flexibility index (Phi) is 4.46. The van der Waals surface area contributed by atoms with Gasteiger partial charge in [0.05, 0.1) is 12.6 Å². The van der Waals surface area contributed by atoms with Crippen LogP contribution in [-0.4, -0.2) is 6.61 Å². The fraction of sp³-hybridized carbons (Fsp3) is 0.250. The van der Waals surface area contributed by atoms with Gasteiger partial charge >= 0.3 is 0 Å². The molecular formula is C16H18ClNO. The summed E-state index contributed by atoms with van der Waals surface area (Å²) in [6.45, 7) is 4.60. The van der Waals surface area contributed by atoms with Crippen LogP contribution in [0.15, 0.2) is 42.5 Å². The van der Waals surface area contributed by atoms with Gasteiger partial charge in [-0.3, -0.25) is 0 Å². The van der Waals surface area contributed by atoms with Gasteiger partial charge in [-0.2, -0.15) is 0 Å². The molecule has 0 spiro atoms. The van der Waals surface area contributed by atoms with Gasteiger partial charge in [-0.15, -0.1) is 0 Å². The average molecular weight is 276 g/mol. The minimum Gasteiger partial charge on any atom is -0.494 e. The second kappa shape index (κ2) is 6.09. The van der Waals surface area contributed by atoms with Gasteiger partial charge in [0.2, 0.25) is 0 Å². The van der Waals surface area contributed by atoms with Crippen LogP contribution in [0.5, 0.6) is 5.75 Å². The minimum atomic E-state index is -0.170. The van der Waals surface area contributed by atoms with Gasteiger partial charge < -0.3 is 10.5 Å². The van der Waals surface area contributed by atoms with Crippen LogP contribution in [0.1, 0.15) is 29.7 Å².